The first-order valence-electron chi connectivity index (χ1n) is 10.3. The second-order valence-electron chi connectivity index (χ2n) is 8.90. The van der Waals surface area contributed by atoms with E-state index < -0.39 is 5.92 Å². The molecule has 28 heavy (non-hydrogen) atoms. The van der Waals surface area contributed by atoms with Crippen molar-refractivity contribution in [3.63, 3.8) is 0 Å². The molecule has 1 saturated heterocycles. The first-order valence-corrected chi connectivity index (χ1v) is 10.3. The molecule has 1 amide bonds. The van der Waals surface area contributed by atoms with Crippen LogP contribution in [0.2, 0.25) is 0 Å². The Morgan fingerprint density at radius 2 is 2.00 bits per heavy atom. The van der Waals surface area contributed by atoms with E-state index in [1.165, 1.54) is 0 Å². The van der Waals surface area contributed by atoms with Gasteiger partial charge in [-0.25, -0.2) is 18.7 Å². The maximum atomic E-state index is 13.4. The number of anilines is 1. The molecule has 4 aliphatic rings. The van der Waals surface area contributed by atoms with Gasteiger partial charge in [0.25, 0.3) is 0 Å². The van der Waals surface area contributed by atoms with Gasteiger partial charge < -0.3 is 15.0 Å². The molecule has 0 bridgehead atoms. The molecule has 5 rings (SSSR count). The van der Waals surface area contributed by atoms with E-state index in [-0.39, 0.29) is 42.9 Å². The standard InChI is InChI=1S/C20H26F2N4O2/c21-20(22)5-3-13(4-6-20)17(27)26-8-7-19(11-26)12-28-10-14-9-23-18(25-16(14)19)24-15-1-2-15/h9,13,15H,1-8,10-12H2,(H,23,24,25)/t19-/m0/s1. The molecule has 2 aliphatic carbocycles. The zero-order chi connectivity index (χ0) is 19.4. The Labute approximate surface area is 163 Å². The molecule has 2 aliphatic heterocycles. The monoisotopic (exact) mass is 392 g/mol. The predicted molar refractivity (Wildman–Crippen MR) is 98.1 cm³/mol. The summed E-state index contributed by atoms with van der Waals surface area (Å²) in [6, 6.07) is 0.472. The lowest BCUT2D eigenvalue weighted by Crippen LogP contribution is -2.43. The molecule has 1 N–H and O–H groups in total. The number of hydrogen-bond donors (Lipinski definition) is 1. The van der Waals surface area contributed by atoms with Gasteiger partial charge >= 0.3 is 0 Å². The number of carbonyl (C=O) groups is 1. The van der Waals surface area contributed by atoms with Gasteiger partial charge in [0.15, 0.2) is 0 Å². The van der Waals surface area contributed by atoms with Crippen LogP contribution in [-0.2, 0) is 21.6 Å². The van der Waals surface area contributed by atoms with Crippen LogP contribution in [-0.4, -0.2) is 52.4 Å². The Morgan fingerprint density at radius 1 is 1.21 bits per heavy atom. The Morgan fingerprint density at radius 3 is 2.75 bits per heavy atom. The van der Waals surface area contributed by atoms with E-state index >= 15 is 0 Å². The summed E-state index contributed by atoms with van der Waals surface area (Å²) in [5, 5.41) is 3.35. The zero-order valence-electron chi connectivity index (χ0n) is 15.9. The van der Waals surface area contributed by atoms with Crippen molar-refractivity contribution in [2.45, 2.75) is 68.9 Å². The average Bonchev–Trinajstić information content (AvgIpc) is 3.39. The van der Waals surface area contributed by atoms with Gasteiger partial charge in [0, 0.05) is 49.7 Å². The van der Waals surface area contributed by atoms with Crippen molar-refractivity contribution in [3.8, 4) is 0 Å². The molecule has 0 unspecified atom stereocenters. The first kappa shape index (κ1) is 18.2. The molecule has 6 nitrogen and oxygen atoms in total. The Kier molecular flexibility index (Phi) is 4.30. The molecule has 3 heterocycles. The van der Waals surface area contributed by atoms with Crippen LogP contribution in [0.15, 0.2) is 6.20 Å². The molecule has 8 heteroatoms. The van der Waals surface area contributed by atoms with E-state index in [0.29, 0.717) is 38.3 Å². The van der Waals surface area contributed by atoms with Crippen LogP contribution in [0.3, 0.4) is 0 Å². The van der Waals surface area contributed by atoms with Crippen LogP contribution in [0.5, 0.6) is 0 Å². The summed E-state index contributed by atoms with van der Waals surface area (Å²) in [7, 11) is 0. The van der Waals surface area contributed by atoms with Crippen molar-refractivity contribution < 1.29 is 18.3 Å². The molecule has 1 aromatic rings. The second kappa shape index (κ2) is 6.61. The van der Waals surface area contributed by atoms with Crippen molar-refractivity contribution in [1.82, 2.24) is 14.9 Å². The predicted octanol–water partition coefficient (Wildman–Crippen LogP) is 2.88. The van der Waals surface area contributed by atoms with Gasteiger partial charge in [-0.15, -0.1) is 0 Å². The number of nitrogens with zero attached hydrogens (tertiary/aromatic N) is 3. The van der Waals surface area contributed by atoms with Crippen LogP contribution in [0.1, 0.15) is 56.2 Å². The van der Waals surface area contributed by atoms with E-state index in [1.807, 2.05) is 11.1 Å². The van der Waals surface area contributed by atoms with Gasteiger partial charge in [0.2, 0.25) is 17.8 Å². The number of carbonyl (C=O) groups excluding carboxylic acids is 1. The fourth-order valence-corrected chi connectivity index (χ4v) is 4.79. The van der Waals surface area contributed by atoms with E-state index in [9.17, 15) is 13.6 Å². The van der Waals surface area contributed by atoms with Crippen molar-refractivity contribution in [3.05, 3.63) is 17.5 Å². The Hall–Kier alpha value is -1.83. The minimum atomic E-state index is -2.61. The number of nitrogens with one attached hydrogen (secondary N) is 1. The summed E-state index contributed by atoms with van der Waals surface area (Å²) in [5.41, 5.74) is 1.66. The summed E-state index contributed by atoms with van der Waals surface area (Å²) in [4.78, 5) is 24.0. The Bertz CT molecular complexity index is 775. The highest BCUT2D eigenvalue weighted by Crippen LogP contribution is 2.42. The molecule has 1 atom stereocenters. The number of rotatable bonds is 3. The number of hydrogen-bond acceptors (Lipinski definition) is 5. The SMILES string of the molecule is O=C(C1CCC(F)(F)CC1)N1CC[C@@]2(COCc3cnc(NC4CC4)nc32)C1. The molecule has 0 aromatic carbocycles. The van der Waals surface area contributed by atoms with Gasteiger partial charge in [-0.1, -0.05) is 0 Å². The highest BCUT2D eigenvalue weighted by molar-refractivity contribution is 5.79. The van der Waals surface area contributed by atoms with Crippen LogP contribution in [0, 0.1) is 5.92 Å². The number of fused-ring (bicyclic) bond motifs is 2. The molecule has 3 fully saturated rings. The molecule has 1 spiro atoms. The molecule has 1 aromatic heterocycles. The lowest BCUT2D eigenvalue weighted by molar-refractivity contribution is -0.139. The summed E-state index contributed by atoms with van der Waals surface area (Å²) < 4.78 is 32.7. The largest absolute Gasteiger partial charge is 0.376 e. The van der Waals surface area contributed by atoms with Crippen LogP contribution in [0.4, 0.5) is 14.7 Å². The smallest absolute Gasteiger partial charge is 0.248 e. The van der Waals surface area contributed by atoms with Crippen LogP contribution in [0.25, 0.3) is 0 Å². The maximum absolute atomic E-state index is 13.4. The van der Waals surface area contributed by atoms with Gasteiger partial charge in [0.1, 0.15) is 0 Å². The number of likely N-dealkylation sites (tertiary alicyclic amines) is 1. The van der Waals surface area contributed by atoms with Gasteiger partial charge in [-0.2, -0.15) is 0 Å². The number of halogens is 2. The molecule has 0 radical (unpaired) electrons. The third kappa shape index (κ3) is 3.36. The number of ether oxygens (including phenoxy) is 1. The fourth-order valence-electron chi connectivity index (χ4n) is 4.79. The molecular formula is C20H26F2N4O2. The van der Waals surface area contributed by atoms with Gasteiger partial charge in [-0.3, -0.25) is 4.79 Å². The lowest BCUT2D eigenvalue weighted by atomic mass is 9.80. The fraction of sp³-hybridized carbons (Fsp3) is 0.750. The second-order valence-corrected chi connectivity index (χ2v) is 8.90. The van der Waals surface area contributed by atoms with E-state index in [2.05, 4.69) is 10.3 Å². The third-order valence-electron chi connectivity index (χ3n) is 6.65. The molecule has 152 valence electrons. The van der Waals surface area contributed by atoms with Gasteiger partial charge in [-0.05, 0) is 32.1 Å². The first-order chi connectivity index (χ1) is 13.4. The summed E-state index contributed by atoms with van der Waals surface area (Å²) >= 11 is 0. The van der Waals surface area contributed by atoms with Crippen molar-refractivity contribution in [1.29, 1.82) is 0 Å². The zero-order valence-corrected chi connectivity index (χ0v) is 15.9. The third-order valence-corrected chi connectivity index (χ3v) is 6.65. The normalized spacial score (nSPS) is 29.7. The number of aromatic nitrogens is 2. The van der Waals surface area contributed by atoms with Crippen LogP contribution < -0.4 is 5.32 Å². The molecule has 2 saturated carbocycles. The highest BCUT2D eigenvalue weighted by Gasteiger charge is 2.48. The van der Waals surface area contributed by atoms with Crippen molar-refractivity contribution >= 4 is 11.9 Å². The summed E-state index contributed by atoms with van der Waals surface area (Å²) in [6.45, 7) is 2.20. The minimum absolute atomic E-state index is 0.0184. The van der Waals surface area contributed by atoms with Crippen molar-refractivity contribution in [2.24, 2.45) is 5.92 Å². The topological polar surface area (TPSA) is 67.4 Å². The van der Waals surface area contributed by atoms with Crippen molar-refractivity contribution in [2.75, 3.05) is 25.0 Å². The maximum Gasteiger partial charge on any atom is 0.248 e. The van der Waals surface area contributed by atoms with E-state index in [4.69, 9.17) is 9.72 Å². The molecular weight excluding hydrogens is 366 g/mol. The number of alkyl halides is 2. The summed E-state index contributed by atoms with van der Waals surface area (Å²) in [6.07, 6.45) is 5.11. The van der Waals surface area contributed by atoms with E-state index in [0.717, 1.165) is 30.5 Å². The highest BCUT2D eigenvalue weighted by atomic mass is 19.3. The Balaban J connectivity index is 1.33. The van der Waals surface area contributed by atoms with Crippen LogP contribution >= 0.6 is 0 Å². The number of amides is 1. The van der Waals surface area contributed by atoms with Gasteiger partial charge in [0.05, 0.1) is 24.3 Å². The lowest BCUT2D eigenvalue weighted by Gasteiger charge is -2.35. The minimum Gasteiger partial charge on any atom is -0.376 e. The summed E-state index contributed by atoms with van der Waals surface area (Å²) in [5.74, 6) is -2.22. The average molecular weight is 392 g/mol. The quantitative estimate of drug-likeness (QED) is 0.857. The van der Waals surface area contributed by atoms with E-state index in [1.54, 1.807) is 0 Å².